The Labute approximate surface area is 577 Å². The fourth-order valence-electron chi connectivity index (χ4n) is 13.8. The van der Waals surface area contributed by atoms with Crippen molar-refractivity contribution in [2.45, 2.75) is 316 Å². The summed E-state index contributed by atoms with van der Waals surface area (Å²) in [6.07, 6.45) is -58.0. The minimum absolute atomic E-state index is 0.0260. The van der Waals surface area contributed by atoms with Crippen molar-refractivity contribution < 1.29 is 167 Å². The molecular weight excluding hydrogens is 1340 g/mol. The zero-order valence-electron chi connectivity index (χ0n) is 57.2. The lowest BCUT2D eigenvalue weighted by atomic mass is 9.90. The molecule has 2 amide bonds. The largest absolute Gasteiger partial charge is 0.394 e. The summed E-state index contributed by atoms with van der Waals surface area (Å²) in [5.41, 5.74) is 0.756. The van der Waals surface area contributed by atoms with Gasteiger partial charge in [0.25, 0.3) is 0 Å². The van der Waals surface area contributed by atoms with E-state index >= 15 is 0 Å². The molecule has 36 heteroatoms. The van der Waals surface area contributed by atoms with Crippen molar-refractivity contribution in [1.29, 1.82) is 0 Å². The normalized spacial score (nSPS) is 48.8. The molecule has 8 aliphatic heterocycles. The van der Waals surface area contributed by atoms with E-state index in [4.69, 9.17) is 80.5 Å². The van der Waals surface area contributed by atoms with Crippen molar-refractivity contribution in [2.75, 3.05) is 26.4 Å². The quantitative estimate of drug-likeness (QED) is 0.0433. The van der Waals surface area contributed by atoms with Gasteiger partial charge in [-0.25, -0.2) is 0 Å². The van der Waals surface area contributed by atoms with Crippen molar-refractivity contribution in [3.63, 3.8) is 0 Å². The van der Waals surface area contributed by atoms with E-state index < -0.39 is 277 Å². The average molecular weight is 1450 g/mol. The maximum atomic E-state index is 13.6. The molecule has 0 aliphatic carbocycles. The van der Waals surface area contributed by atoms with Gasteiger partial charge in [-0.15, -0.1) is 0 Å². The highest BCUT2D eigenvalue weighted by atomic mass is 16.8. The van der Waals surface area contributed by atoms with Gasteiger partial charge >= 0.3 is 0 Å². The van der Waals surface area contributed by atoms with Crippen LogP contribution in [0.25, 0.3) is 0 Å². The van der Waals surface area contributed by atoms with Crippen LogP contribution in [0.1, 0.15) is 81.2 Å². The predicted molar refractivity (Wildman–Crippen MR) is 330 cm³/mol. The number of aliphatic hydroxyl groups is 15. The minimum Gasteiger partial charge on any atom is -0.394 e. The van der Waals surface area contributed by atoms with Gasteiger partial charge in [0, 0.05) is 32.3 Å². The number of aliphatic hydroxyl groups excluding tert-OH is 15. The second kappa shape index (κ2) is 35.5. The van der Waals surface area contributed by atoms with E-state index in [1.165, 1.54) is 41.5 Å². The smallest absolute Gasteiger partial charge is 0.217 e. The zero-order chi connectivity index (χ0) is 73.0. The second-order valence-electron chi connectivity index (χ2n) is 27.1. The highest BCUT2D eigenvalue weighted by molar-refractivity contribution is 5.73. The Morgan fingerprint density at radius 2 is 0.750 bits per heavy atom. The summed E-state index contributed by atoms with van der Waals surface area (Å²) in [5, 5.41) is 175. The Balaban J connectivity index is 1.05. The summed E-state index contributed by atoms with van der Waals surface area (Å²) in [4.78, 5) is 26.2. The van der Waals surface area contributed by atoms with Crippen LogP contribution in [-0.4, -0.2) is 348 Å². The monoisotopic (exact) mass is 1440 g/mol. The molecule has 8 saturated heterocycles. The van der Waals surface area contributed by atoms with Crippen molar-refractivity contribution in [3.8, 4) is 0 Å². The van der Waals surface area contributed by atoms with E-state index in [0.717, 1.165) is 12.5 Å². The molecule has 8 aliphatic rings. The van der Waals surface area contributed by atoms with Crippen LogP contribution in [0.3, 0.4) is 0 Å². The molecular formula is C64H104N2O34. The van der Waals surface area contributed by atoms with Crippen LogP contribution < -0.4 is 10.6 Å². The van der Waals surface area contributed by atoms with Gasteiger partial charge in [0.2, 0.25) is 11.8 Å². The fourth-order valence-corrected chi connectivity index (χ4v) is 13.8. The molecule has 40 atom stereocenters. The minimum atomic E-state index is -2.12. The number of nitrogens with one attached hydrogen (secondary N) is 2. The number of carbonyl (C=O) groups excluding carboxylic acids is 2. The van der Waals surface area contributed by atoms with Crippen LogP contribution in [0, 0.1) is 11.8 Å². The van der Waals surface area contributed by atoms with Gasteiger partial charge in [-0.1, -0.05) is 51.1 Å². The molecule has 8 heterocycles. The number of hydrogen-bond acceptors (Lipinski definition) is 34. The van der Waals surface area contributed by atoms with Crippen LogP contribution in [0.5, 0.6) is 0 Å². The third-order valence-electron chi connectivity index (χ3n) is 19.7. The molecule has 17 N–H and O–H groups in total. The summed E-state index contributed by atoms with van der Waals surface area (Å²) < 4.78 is 107. The number of benzene rings is 1. The van der Waals surface area contributed by atoms with Gasteiger partial charge in [0.05, 0.1) is 69.2 Å². The molecule has 0 aromatic heterocycles. The van der Waals surface area contributed by atoms with Crippen molar-refractivity contribution in [1.82, 2.24) is 10.6 Å². The second-order valence-corrected chi connectivity index (χ2v) is 27.1. The highest BCUT2D eigenvalue weighted by Gasteiger charge is 2.60. The molecule has 0 saturated carbocycles. The van der Waals surface area contributed by atoms with Crippen LogP contribution in [-0.2, 0) is 96.7 Å². The number of hydrogen-bond donors (Lipinski definition) is 17. The standard InChI is InChI=1S/C64H104N2O34/c1-11-17-84-59-35(65-29(9)70)52(42(77)33(19-68)91-59)96-57-22(2)49(39(74)26(6)86-57)94-63-55(46(81)38(73)25(5)88-63)99-64-56(54(40(75)27(7)89-64)98-62-48(83)45(80)41(76)32(18-67)93-62)100-60-36(66-30(10)71)53(43(78)34(20-69)92-60)97-58-23(3)50(95-61-47(82)44(79)37(72)24(4)87-61)51(28(8)90-58)85-21-31-15-13-12-14-16-31/h12-16,22-28,32-64,67-69,72-83H,11,17-21H2,1-10H3,(H,65,70)(H,66,71)/t22?,23?,24?,25?,26?,27?,28?,32-,33?,34?,35?,36?,37-,38-,39-,40-,41+,42+,43+,44-,45?,46-,47?,48?,49+,50+,51+,52+,53+,54-,55?,56?,57-,58-,59+,60-,61-,62+,63-,64-/m0/s1. The molecule has 0 radical (unpaired) electrons. The molecule has 36 nitrogen and oxygen atoms in total. The molecule has 8 fully saturated rings. The third-order valence-corrected chi connectivity index (χ3v) is 19.7. The molecule has 0 spiro atoms. The molecule has 574 valence electrons. The maximum absolute atomic E-state index is 13.6. The van der Waals surface area contributed by atoms with Crippen LogP contribution in [0.15, 0.2) is 30.3 Å². The number of rotatable bonds is 25. The van der Waals surface area contributed by atoms with E-state index in [9.17, 15) is 86.2 Å². The summed E-state index contributed by atoms with van der Waals surface area (Å²) in [5.74, 6) is -3.44. The number of ether oxygens (including phenoxy) is 17. The van der Waals surface area contributed by atoms with Gasteiger partial charge in [0.1, 0.15) is 140 Å². The van der Waals surface area contributed by atoms with Gasteiger partial charge in [0.15, 0.2) is 50.3 Å². The first kappa shape index (κ1) is 81.0. The van der Waals surface area contributed by atoms with E-state index in [1.807, 2.05) is 25.1 Å². The van der Waals surface area contributed by atoms with Gasteiger partial charge in [-0.05, 0) is 46.6 Å². The van der Waals surface area contributed by atoms with Crippen LogP contribution in [0.4, 0.5) is 0 Å². The Kier molecular flexibility index (Phi) is 28.8. The number of amides is 2. The Morgan fingerprint density at radius 1 is 0.360 bits per heavy atom. The highest BCUT2D eigenvalue weighted by Crippen LogP contribution is 2.42. The lowest BCUT2D eigenvalue weighted by Gasteiger charge is -2.52. The Bertz CT molecular complexity index is 2690. The molecule has 9 rings (SSSR count). The molecule has 1 aromatic rings. The van der Waals surface area contributed by atoms with E-state index in [0.29, 0.717) is 6.42 Å². The summed E-state index contributed by atoms with van der Waals surface area (Å²) in [6.45, 7) is 12.1. The average Bonchev–Trinajstić information content (AvgIpc) is 0.766. The molecule has 100 heavy (non-hydrogen) atoms. The lowest BCUT2D eigenvalue weighted by Crippen LogP contribution is -2.70. The van der Waals surface area contributed by atoms with Crippen LogP contribution >= 0.6 is 0 Å². The summed E-state index contributed by atoms with van der Waals surface area (Å²) >= 11 is 0. The van der Waals surface area contributed by atoms with Gasteiger partial charge in [-0.3, -0.25) is 9.59 Å². The first-order valence-corrected chi connectivity index (χ1v) is 34.1. The fraction of sp³-hybridized carbons (Fsp3) is 0.875. The lowest BCUT2D eigenvalue weighted by molar-refractivity contribution is -0.410. The molecule has 16 unspecified atom stereocenters. The van der Waals surface area contributed by atoms with Crippen molar-refractivity contribution in [2.24, 2.45) is 11.8 Å². The first-order chi connectivity index (χ1) is 47.4. The van der Waals surface area contributed by atoms with E-state index in [1.54, 1.807) is 26.0 Å². The zero-order valence-corrected chi connectivity index (χ0v) is 57.2. The molecule has 0 bridgehead atoms. The maximum Gasteiger partial charge on any atom is 0.217 e. The SMILES string of the molecule is CCCO[C@@H]1OC(CO)[C@@H](O)[C@H](O[C@@H]2OC(C)[C@H](O)[C@H](O[C@@H]3OC(C)[C@H](O)[C@H](O)C3O[C@@H]3OC(C)[C@H](O)[C@H](O[C@H]4O[C@@H](CO)[C@@H](O)C(O)C4O)C3O[C@@H]3OC(CO)[C@@H](O)[C@H](O[C@@H]4OC(C)[C@@H](OCc5ccccc5)[C@H](O[C@@H]5OC(C)[C@H](O)[C@H](O)C5O)C4C)C3NC(C)=O)C2C)C1NC(C)=O. The van der Waals surface area contributed by atoms with E-state index in [-0.39, 0.29) is 13.2 Å². The Morgan fingerprint density at radius 3 is 1.30 bits per heavy atom. The Hall–Kier alpha value is -3.12. The van der Waals surface area contributed by atoms with Gasteiger partial charge in [-0.2, -0.15) is 0 Å². The van der Waals surface area contributed by atoms with Gasteiger partial charge < -0.3 is 168 Å². The third kappa shape index (κ3) is 17.9. The predicted octanol–water partition coefficient (Wildman–Crippen LogP) is -6.82. The molecule has 1 aromatic carbocycles. The summed E-state index contributed by atoms with van der Waals surface area (Å²) in [6, 6.07) is 6.14. The van der Waals surface area contributed by atoms with Crippen LogP contribution in [0.2, 0.25) is 0 Å². The van der Waals surface area contributed by atoms with E-state index in [2.05, 4.69) is 10.6 Å². The topological polar surface area (TPSA) is 519 Å². The van der Waals surface area contributed by atoms with Crippen molar-refractivity contribution in [3.05, 3.63) is 35.9 Å². The summed E-state index contributed by atoms with van der Waals surface area (Å²) in [7, 11) is 0. The number of carbonyl (C=O) groups is 2. The van der Waals surface area contributed by atoms with Crippen molar-refractivity contribution >= 4 is 11.8 Å². The first-order valence-electron chi connectivity index (χ1n) is 34.1.